The molecule has 2 aliphatic rings. The van der Waals surface area contributed by atoms with E-state index in [1.165, 1.54) is 6.07 Å². The van der Waals surface area contributed by atoms with Crippen LogP contribution in [-0.2, 0) is 28.8 Å². The number of H-pyrrole nitrogens is 1. The van der Waals surface area contributed by atoms with Gasteiger partial charge in [0.05, 0.1) is 12.0 Å². The maximum absolute atomic E-state index is 13.8. The molecule has 5 rings (SSSR count). The number of halogens is 3. The van der Waals surface area contributed by atoms with E-state index >= 15 is 0 Å². The van der Waals surface area contributed by atoms with Gasteiger partial charge in [-0.2, -0.15) is 13.2 Å². The molecule has 178 valence electrons. The molecule has 0 spiro atoms. The molecule has 1 saturated carbocycles. The molecule has 5 nitrogen and oxygen atoms in total. The lowest BCUT2D eigenvalue weighted by molar-refractivity contribution is -0.139. The standard InChI is InChI=1S/C26H24F3NO4/c27-26(28,29)21-10-14(4-7-17(21)18-2-1-3-23(18)31)13-34-16-6-9-22-20(12-16)19-8-5-15(11-24(32)33)25(19)30-22/h4,6-7,9-10,12,15,18,30H,1-3,5,8,11,13H2,(H,32,33)/t15?,18-/m1/s1. The molecule has 1 aromatic heterocycles. The number of aromatic amines is 1. The molecule has 1 heterocycles. The van der Waals surface area contributed by atoms with Crippen LogP contribution in [0, 0.1) is 0 Å². The summed E-state index contributed by atoms with van der Waals surface area (Å²) in [7, 11) is 0. The number of hydrogen-bond donors (Lipinski definition) is 2. The normalized spacial score (nSPS) is 20.1. The summed E-state index contributed by atoms with van der Waals surface area (Å²) in [6.07, 6.45) is -1.54. The Labute approximate surface area is 193 Å². The van der Waals surface area contributed by atoms with Crippen LogP contribution >= 0.6 is 0 Å². The smallest absolute Gasteiger partial charge is 0.416 e. The summed E-state index contributed by atoms with van der Waals surface area (Å²) in [6, 6.07) is 9.54. The summed E-state index contributed by atoms with van der Waals surface area (Å²) in [5, 5.41) is 10.1. The van der Waals surface area contributed by atoms with Crippen LogP contribution in [0.25, 0.3) is 10.9 Å². The first-order valence-electron chi connectivity index (χ1n) is 11.4. The van der Waals surface area contributed by atoms with E-state index in [0.29, 0.717) is 30.6 Å². The zero-order valence-electron chi connectivity index (χ0n) is 18.4. The minimum atomic E-state index is -4.55. The van der Waals surface area contributed by atoms with Crippen LogP contribution in [0.2, 0.25) is 0 Å². The fourth-order valence-electron chi connectivity index (χ4n) is 5.39. The van der Waals surface area contributed by atoms with Crippen LogP contribution in [0.5, 0.6) is 5.75 Å². The molecule has 1 unspecified atom stereocenters. The molecule has 0 saturated heterocycles. The first-order chi connectivity index (χ1) is 16.2. The van der Waals surface area contributed by atoms with E-state index in [4.69, 9.17) is 9.84 Å². The number of carbonyl (C=O) groups is 2. The third-order valence-electron chi connectivity index (χ3n) is 6.99. The molecule has 0 radical (unpaired) electrons. The average molecular weight is 471 g/mol. The molecule has 0 bridgehead atoms. The zero-order valence-corrected chi connectivity index (χ0v) is 18.4. The third kappa shape index (κ3) is 4.17. The number of hydrogen-bond acceptors (Lipinski definition) is 3. The number of alkyl halides is 3. The first kappa shape index (κ1) is 22.5. The largest absolute Gasteiger partial charge is 0.489 e. The van der Waals surface area contributed by atoms with Gasteiger partial charge in [0.25, 0.3) is 0 Å². The average Bonchev–Trinajstić information content (AvgIpc) is 3.47. The lowest BCUT2D eigenvalue weighted by Gasteiger charge is -2.18. The second kappa shape index (κ2) is 8.49. The summed E-state index contributed by atoms with van der Waals surface area (Å²) in [5.41, 5.74) is 2.58. The summed E-state index contributed by atoms with van der Waals surface area (Å²) < 4.78 is 47.1. The van der Waals surface area contributed by atoms with Crippen molar-refractivity contribution >= 4 is 22.7 Å². The van der Waals surface area contributed by atoms with Crippen molar-refractivity contribution in [1.82, 2.24) is 4.98 Å². The molecule has 2 N–H and O–H groups in total. The van der Waals surface area contributed by atoms with E-state index in [1.807, 2.05) is 12.1 Å². The Morgan fingerprint density at radius 1 is 1.12 bits per heavy atom. The van der Waals surface area contributed by atoms with Crippen LogP contribution in [0.4, 0.5) is 13.2 Å². The van der Waals surface area contributed by atoms with Gasteiger partial charge in [0, 0.05) is 34.9 Å². The second-order valence-electron chi connectivity index (χ2n) is 9.18. The molecule has 8 heteroatoms. The van der Waals surface area contributed by atoms with Crippen molar-refractivity contribution in [3.63, 3.8) is 0 Å². The molecule has 2 aliphatic carbocycles. The number of carboxylic acids is 1. The Balaban J connectivity index is 1.37. The van der Waals surface area contributed by atoms with E-state index < -0.39 is 23.6 Å². The number of aryl methyl sites for hydroxylation is 1. The summed E-state index contributed by atoms with van der Waals surface area (Å²) in [6.45, 7) is -0.0399. The molecule has 2 atom stereocenters. The van der Waals surface area contributed by atoms with Crippen molar-refractivity contribution in [2.45, 2.75) is 63.1 Å². The summed E-state index contributed by atoms with van der Waals surface area (Å²) in [5.74, 6) is -1.17. The van der Waals surface area contributed by atoms with Crippen LogP contribution in [0.15, 0.2) is 36.4 Å². The van der Waals surface area contributed by atoms with E-state index in [0.717, 1.165) is 41.1 Å². The van der Waals surface area contributed by atoms with Gasteiger partial charge in [-0.1, -0.05) is 12.1 Å². The van der Waals surface area contributed by atoms with E-state index in [1.54, 1.807) is 12.1 Å². The van der Waals surface area contributed by atoms with Crippen molar-refractivity contribution in [2.24, 2.45) is 0 Å². The second-order valence-corrected chi connectivity index (χ2v) is 9.18. The number of Topliss-reactive ketones (excluding diaryl/α,β-unsaturated/α-hetero) is 1. The lowest BCUT2D eigenvalue weighted by atomic mass is 9.90. The zero-order chi connectivity index (χ0) is 24.0. The van der Waals surface area contributed by atoms with Gasteiger partial charge in [-0.05, 0) is 66.6 Å². The summed E-state index contributed by atoms with van der Waals surface area (Å²) in [4.78, 5) is 26.5. The molecule has 0 amide bonds. The van der Waals surface area contributed by atoms with Crippen LogP contribution in [0.1, 0.15) is 71.9 Å². The lowest BCUT2D eigenvalue weighted by Crippen LogP contribution is -2.15. The van der Waals surface area contributed by atoms with Crippen LogP contribution in [-0.4, -0.2) is 21.8 Å². The number of carbonyl (C=O) groups excluding carboxylic acids is 1. The van der Waals surface area contributed by atoms with Gasteiger partial charge in [-0.3, -0.25) is 9.59 Å². The number of ketones is 1. The minimum absolute atomic E-state index is 0.0399. The van der Waals surface area contributed by atoms with Gasteiger partial charge in [0.15, 0.2) is 0 Å². The monoisotopic (exact) mass is 471 g/mol. The number of benzene rings is 2. The Morgan fingerprint density at radius 3 is 2.65 bits per heavy atom. The van der Waals surface area contributed by atoms with E-state index in [9.17, 15) is 22.8 Å². The molecule has 3 aromatic rings. The fraction of sp³-hybridized carbons (Fsp3) is 0.385. The Kier molecular flexibility index (Phi) is 5.62. The molecule has 2 aromatic carbocycles. The van der Waals surface area contributed by atoms with Crippen LogP contribution < -0.4 is 4.74 Å². The molecule has 0 aliphatic heterocycles. The highest BCUT2D eigenvalue weighted by Gasteiger charge is 2.38. The van der Waals surface area contributed by atoms with Gasteiger partial charge in [-0.25, -0.2) is 0 Å². The number of ether oxygens (including phenoxy) is 1. The maximum Gasteiger partial charge on any atom is 0.416 e. The highest BCUT2D eigenvalue weighted by molar-refractivity contribution is 5.88. The molecule has 34 heavy (non-hydrogen) atoms. The quantitative estimate of drug-likeness (QED) is 0.455. The van der Waals surface area contributed by atoms with Gasteiger partial charge < -0.3 is 14.8 Å². The number of fused-ring (bicyclic) bond motifs is 3. The van der Waals surface area contributed by atoms with Gasteiger partial charge in [-0.15, -0.1) is 0 Å². The van der Waals surface area contributed by atoms with E-state index in [-0.39, 0.29) is 30.3 Å². The number of nitrogens with one attached hydrogen (secondary N) is 1. The Morgan fingerprint density at radius 2 is 1.94 bits per heavy atom. The topological polar surface area (TPSA) is 79.4 Å². The molecule has 1 fully saturated rings. The van der Waals surface area contributed by atoms with Crippen molar-refractivity contribution < 1.29 is 32.6 Å². The number of carboxylic acid groups (broad SMARTS) is 1. The number of aromatic nitrogens is 1. The fourth-order valence-corrected chi connectivity index (χ4v) is 5.39. The highest BCUT2D eigenvalue weighted by atomic mass is 19.4. The van der Waals surface area contributed by atoms with Crippen molar-refractivity contribution in [2.75, 3.05) is 0 Å². The predicted octanol–water partition coefficient (Wildman–Crippen LogP) is 6.11. The van der Waals surface area contributed by atoms with E-state index in [2.05, 4.69) is 4.98 Å². The van der Waals surface area contributed by atoms with Crippen LogP contribution in [0.3, 0.4) is 0 Å². The highest BCUT2D eigenvalue weighted by Crippen LogP contribution is 2.42. The Bertz CT molecular complexity index is 1280. The van der Waals surface area contributed by atoms with Crippen molar-refractivity contribution in [3.05, 3.63) is 64.3 Å². The van der Waals surface area contributed by atoms with Crippen molar-refractivity contribution in [3.8, 4) is 5.75 Å². The molecular formula is C26H24F3NO4. The van der Waals surface area contributed by atoms with Gasteiger partial charge in [0.1, 0.15) is 18.1 Å². The minimum Gasteiger partial charge on any atom is -0.489 e. The van der Waals surface area contributed by atoms with Gasteiger partial charge >= 0.3 is 12.1 Å². The van der Waals surface area contributed by atoms with Gasteiger partial charge in [0.2, 0.25) is 0 Å². The number of aliphatic carboxylic acids is 1. The SMILES string of the molecule is O=C(O)CC1CCc2c1[nH]c1ccc(OCc3ccc([C@H]4CCCC4=O)c(C(F)(F)F)c3)cc21. The first-order valence-corrected chi connectivity index (χ1v) is 11.4. The van der Waals surface area contributed by atoms with Crippen molar-refractivity contribution in [1.29, 1.82) is 0 Å². The third-order valence-corrected chi connectivity index (χ3v) is 6.99. The molecular weight excluding hydrogens is 447 g/mol. The predicted molar refractivity (Wildman–Crippen MR) is 119 cm³/mol. The summed E-state index contributed by atoms with van der Waals surface area (Å²) >= 11 is 0. The maximum atomic E-state index is 13.8. The number of rotatable bonds is 6. The Hall–Kier alpha value is -3.29.